The van der Waals surface area contributed by atoms with Crippen molar-refractivity contribution >= 4 is 57.1 Å². The molecule has 2 N–H and O–H groups in total. The number of halogens is 1. The Morgan fingerprint density at radius 1 is 0.860 bits per heavy atom. The van der Waals surface area contributed by atoms with Crippen LogP contribution in [0.5, 0.6) is 0 Å². The molecule has 6 rings (SSSR count). The fraction of sp³-hybridized carbons (Fsp3) is 0.585. The maximum Gasteiger partial charge on any atom is 0.267 e. The highest BCUT2D eigenvalue weighted by Crippen LogP contribution is 2.44. The SMILES string of the molecule is Cc1nc(Nc2ncc(C(=O)Nc3c(C)cccc3Cl)s2)cc(N2CCN(CCOCCOCCOCCOCCOCCCC(=O)[C@H]3C[C@H]4C=C[C@@H]3C4)CC2)n1. The fourth-order valence-electron chi connectivity index (χ4n) is 7.35. The van der Waals surface area contributed by atoms with Gasteiger partial charge < -0.3 is 39.2 Å². The second kappa shape index (κ2) is 22.6. The Balaban J connectivity index is 0.740. The second-order valence-electron chi connectivity index (χ2n) is 14.5. The van der Waals surface area contributed by atoms with Crippen molar-refractivity contribution in [3.63, 3.8) is 0 Å². The molecule has 1 saturated heterocycles. The number of carbonyl (C=O) groups excluding carboxylic acids is 2. The number of aryl methyl sites for hydroxylation is 2. The number of piperazine rings is 1. The van der Waals surface area contributed by atoms with Gasteiger partial charge in [0.2, 0.25) is 0 Å². The van der Waals surface area contributed by atoms with Gasteiger partial charge in [-0.1, -0.05) is 47.2 Å². The minimum atomic E-state index is -0.272. The lowest BCUT2D eigenvalue weighted by atomic mass is 9.88. The van der Waals surface area contributed by atoms with Crippen molar-refractivity contribution in [3.05, 3.63) is 63.9 Å². The first-order valence-corrected chi connectivity index (χ1v) is 21.2. The zero-order chi connectivity index (χ0) is 39.8. The monoisotopic (exact) mass is 825 g/mol. The number of hydrogen-bond donors (Lipinski definition) is 2. The number of thiazole rings is 1. The van der Waals surface area contributed by atoms with E-state index in [1.807, 2.05) is 32.0 Å². The molecule has 0 radical (unpaired) electrons. The van der Waals surface area contributed by atoms with Crippen molar-refractivity contribution in [2.75, 3.05) is 114 Å². The average molecular weight is 826 g/mol. The van der Waals surface area contributed by atoms with Crippen LogP contribution in [0.25, 0.3) is 0 Å². The van der Waals surface area contributed by atoms with Crippen molar-refractivity contribution in [2.45, 2.75) is 39.5 Å². The van der Waals surface area contributed by atoms with Gasteiger partial charge in [-0.15, -0.1) is 0 Å². The van der Waals surface area contributed by atoms with E-state index < -0.39 is 0 Å². The summed E-state index contributed by atoms with van der Waals surface area (Å²) < 4.78 is 28.2. The summed E-state index contributed by atoms with van der Waals surface area (Å²) >= 11 is 7.53. The van der Waals surface area contributed by atoms with E-state index in [-0.39, 0.29) is 11.8 Å². The number of fused-ring (bicyclic) bond motifs is 2. The molecule has 57 heavy (non-hydrogen) atoms. The largest absolute Gasteiger partial charge is 0.379 e. The number of carbonyl (C=O) groups is 2. The number of nitrogens with one attached hydrogen (secondary N) is 2. The molecule has 0 spiro atoms. The number of Topliss-reactive ketones (excluding diaryl/α,β-unsaturated/α-hetero) is 1. The molecule has 3 aromatic rings. The summed E-state index contributed by atoms with van der Waals surface area (Å²) in [5, 5.41) is 7.18. The Bertz CT molecular complexity index is 1750. The standard InChI is InChI=1S/C41H56ClN7O7S/c1-29-5-3-6-34(42)39(29)47-40(51)36-28-43-41(57-36)46-37-27-38(45-30(2)44-37)49-12-10-48(11-13-49)14-16-53-18-20-55-22-24-56-23-21-54-19-17-52-15-4-7-35(50)33-26-31-8-9-32(33)25-31/h3,5-6,8-9,27-28,31-33H,4,7,10-26H2,1-2H3,(H,47,51)(H,43,44,45,46)/t31-,32+,33-/m0/s1. The number of rotatable bonds is 25. The number of ether oxygens (including phenoxy) is 5. The molecule has 3 aliphatic rings. The first-order valence-electron chi connectivity index (χ1n) is 20.0. The quantitative estimate of drug-likeness (QED) is 0.0765. The number of amides is 1. The van der Waals surface area contributed by atoms with Crippen molar-refractivity contribution in [1.29, 1.82) is 0 Å². The van der Waals surface area contributed by atoms with Crippen LogP contribution in [0, 0.1) is 31.6 Å². The van der Waals surface area contributed by atoms with Crippen LogP contribution in [0.2, 0.25) is 5.02 Å². The van der Waals surface area contributed by atoms with E-state index >= 15 is 0 Å². The van der Waals surface area contributed by atoms with Gasteiger partial charge in [-0.3, -0.25) is 14.5 Å². The number of aromatic nitrogens is 3. The molecule has 1 aliphatic heterocycles. The van der Waals surface area contributed by atoms with Gasteiger partial charge in [0.1, 0.15) is 28.1 Å². The molecule has 3 atom stereocenters. The smallest absolute Gasteiger partial charge is 0.267 e. The summed E-state index contributed by atoms with van der Waals surface area (Å²) in [6.45, 7) is 13.5. The number of allylic oxidation sites excluding steroid dienone is 2. The summed E-state index contributed by atoms with van der Waals surface area (Å²) in [5.41, 5.74) is 1.48. The molecule has 1 saturated carbocycles. The van der Waals surface area contributed by atoms with Crippen LogP contribution in [-0.2, 0) is 28.5 Å². The Hall–Kier alpha value is -3.54. The number of ketones is 1. The van der Waals surface area contributed by atoms with E-state index in [4.69, 9.17) is 35.3 Å². The number of para-hydroxylation sites is 1. The van der Waals surface area contributed by atoms with Crippen LogP contribution in [-0.4, -0.2) is 130 Å². The minimum Gasteiger partial charge on any atom is -0.379 e. The molecule has 16 heteroatoms. The maximum atomic E-state index is 12.9. The van der Waals surface area contributed by atoms with E-state index in [0.717, 1.165) is 56.9 Å². The topological polar surface area (TPSA) is 150 Å². The molecule has 2 aliphatic carbocycles. The van der Waals surface area contributed by atoms with Crippen molar-refractivity contribution in [1.82, 2.24) is 19.9 Å². The van der Waals surface area contributed by atoms with Crippen LogP contribution in [0.4, 0.5) is 22.5 Å². The third-order valence-electron chi connectivity index (χ3n) is 10.4. The number of nitrogens with zero attached hydrogens (tertiary/aromatic N) is 5. The molecular weight excluding hydrogens is 770 g/mol. The van der Waals surface area contributed by atoms with Gasteiger partial charge in [0.25, 0.3) is 5.91 Å². The molecule has 2 fully saturated rings. The Kier molecular flexibility index (Phi) is 17.0. The molecule has 1 amide bonds. The predicted molar refractivity (Wildman–Crippen MR) is 222 cm³/mol. The van der Waals surface area contributed by atoms with Gasteiger partial charge in [-0.05, 0) is 56.6 Å². The number of benzene rings is 1. The maximum absolute atomic E-state index is 12.9. The highest BCUT2D eigenvalue weighted by molar-refractivity contribution is 7.17. The van der Waals surface area contributed by atoms with Crippen LogP contribution in [0.15, 0.2) is 42.6 Å². The second-order valence-corrected chi connectivity index (χ2v) is 16.0. The van der Waals surface area contributed by atoms with Crippen LogP contribution < -0.4 is 15.5 Å². The zero-order valence-corrected chi connectivity index (χ0v) is 34.7. The van der Waals surface area contributed by atoms with E-state index in [1.165, 1.54) is 17.8 Å². The van der Waals surface area contributed by atoms with Crippen LogP contribution in [0.3, 0.4) is 0 Å². The summed E-state index contributed by atoms with van der Waals surface area (Å²) in [4.78, 5) is 44.0. The van der Waals surface area contributed by atoms with E-state index in [1.54, 1.807) is 12.3 Å². The third kappa shape index (κ3) is 13.5. The summed E-state index contributed by atoms with van der Waals surface area (Å²) in [5.74, 6) is 3.63. The van der Waals surface area contributed by atoms with Gasteiger partial charge in [0.15, 0.2) is 5.13 Å². The molecule has 1 aromatic carbocycles. The Morgan fingerprint density at radius 2 is 1.54 bits per heavy atom. The Labute approximate surface area is 344 Å². The van der Waals surface area contributed by atoms with Crippen molar-refractivity contribution in [2.24, 2.45) is 17.8 Å². The van der Waals surface area contributed by atoms with Crippen LogP contribution >= 0.6 is 22.9 Å². The highest BCUT2D eigenvalue weighted by Gasteiger charge is 2.39. The van der Waals surface area contributed by atoms with E-state index in [0.29, 0.717) is 122 Å². The summed E-state index contributed by atoms with van der Waals surface area (Å²) in [6, 6.07) is 7.41. The molecule has 2 aromatic heterocycles. The highest BCUT2D eigenvalue weighted by atomic mass is 35.5. The molecule has 3 heterocycles. The van der Waals surface area contributed by atoms with E-state index in [2.05, 4.69) is 47.5 Å². The molecule has 0 unspecified atom stereocenters. The first kappa shape index (κ1) is 43.0. The fourth-order valence-corrected chi connectivity index (χ4v) is 8.34. The number of anilines is 4. The lowest BCUT2D eigenvalue weighted by Gasteiger charge is -2.35. The predicted octanol–water partition coefficient (Wildman–Crippen LogP) is 5.97. The van der Waals surface area contributed by atoms with Gasteiger partial charge in [0.05, 0.1) is 76.4 Å². The third-order valence-corrected chi connectivity index (χ3v) is 11.6. The number of hydrogen-bond acceptors (Lipinski definition) is 14. The minimum absolute atomic E-state index is 0.249. The molecule has 14 nitrogen and oxygen atoms in total. The van der Waals surface area contributed by atoms with Gasteiger partial charge in [-0.25, -0.2) is 15.0 Å². The van der Waals surface area contributed by atoms with Crippen LogP contribution in [0.1, 0.15) is 46.7 Å². The van der Waals surface area contributed by atoms with Gasteiger partial charge in [0, 0.05) is 57.7 Å². The molecular formula is C41H56ClN7O7S. The van der Waals surface area contributed by atoms with E-state index in [9.17, 15) is 9.59 Å². The van der Waals surface area contributed by atoms with Crippen molar-refractivity contribution in [3.8, 4) is 0 Å². The van der Waals surface area contributed by atoms with Crippen molar-refractivity contribution < 1.29 is 33.3 Å². The lowest BCUT2D eigenvalue weighted by molar-refractivity contribution is -0.124. The normalized spacial score (nSPS) is 19.1. The first-order chi connectivity index (χ1) is 27.8. The molecule has 310 valence electrons. The Morgan fingerprint density at radius 3 is 2.19 bits per heavy atom. The zero-order valence-electron chi connectivity index (χ0n) is 33.1. The summed E-state index contributed by atoms with van der Waals surface area (Å²) in [7, 11) is 0. The van der Waals surface area contributed by atoms with Gasteiger partial charge >= 0.3 is 0 Å². The van der Waals surface area contributed by atoms with Gasteiger partial charge in [-0.2, -0.15) is 0 Å². The summed E-state index contributed by atoms with van der Waals surface area (Å²) in [6.07, 6.45) is 9.67. The average Bonchev–Trinajstić information content (AvgIpc) is 3.98. The molecule has 2 bridgehead atoms. The lowest BCUT2D eigenvalue weighted by Crippen LogP contribution is -2.47.